The molecule has 0 radical (unpaired) electrons. The zero-order chi connectivity index (χ0) is 16.8. The molecule has 2 aromatic rings. The predicted octanol–water partition coefficient (Wildman–Crippen LogP) is 4.07. The van der Waals surface area contributed by atoms with Crippen molar-refractivity contribution in [3.63, 3.8) is 0 Å². The molecular weight excluding hydrogens is 314 g/mol. The first-order chi connectivity index (χ1) is 11.0. The van der Waals surface area contributed by atoms with Crippen LogP contribution in [-0.4, -0.2) is 19.1 Å². The Bertz CT molecular complexity index is 668. The van der Waals surface area contributed by atoms with Crippen LogP contribution in [0.1, 0.15) is 29.8 Å². The minimum Gasteiger partial charge on any atom is -0.495 e. The lowest BCUT2D eigenvalue weighted by atomic mass is 10.2. The van der Waals surface area contributed by atoms with Crippen molar-refractivity contribution in [1.29, 1.82) is 0 Å². The quantitative estimate of drug-likeness (QED) is 0.867. The summed E-state index contributed by atoms with van der Waals surface area (Å²) in [5, 5.41) is 3.27. The van der Waals surface area contributed by atoms with E-state index < -0.39 is 0 Å². The molecule has 23 heavy (non-hydrogen) atoms. The van der Waals surface area contributed by atoms with E-state index in [4.69, 9.17) is 21.1 Å². The van der Waals surface area contributed by atoms with Crippen LogP contribution in [0.3, 0.4) is 0 Å². The third-order valence-corrected chi connectivity index (χ3v) is 3.46. The Balaban J connectivity index is 1.95. The van der Waals surface area contributed by atoms with Gasteiger partial charge in [0.15, 0.2) is 0 Å². The summed E-state index contributed by atoms with van der Waals surface area (Å²) in [5.74, 6) is 1.18. The second-order valence-corrected chi connectivity index (χ2v) is 5.75. The van der Waals surface area contributed by atoms with Crippen LogP contribution in [0.5, 0.6) is 11.5 Å². The lowest BCUT2D eigenvalue weighted by Crippen LogP contribution is -2.22. The normalized spacial score (nSPS) is 10.5. The summed E-state index contributed by atoms with van der Waals surface area (Å²) in [6, 6.07) is 12.6. The number of ether oxygens (including phenoxy) is 2. The number of hydrogen-bond donors (Lipinski definition) is 1. The van der Waals surface area contributed by atoms with Crippen molar-refractivity contribution in [2.75, 3.05) is 7.11 Å². The highest BCUT2D eigenvalue weighted by molar-refractivity contribution is 6.32. The van der Waals surface area contributed by atoms with E-state index in [1.54, 1.807) is 18.2 Å². The van der Waals surface area contributed by atoms with Gasteiger partial charge in [-0.25, -0.2) is 0 Å². The van der Waals surface area contributed by atoms with E-state index in [2.05, 4.69) is 5.32 Å². The number of carbonyl (C=O) groups excluding carboxylic acids is 1. The molecule has 0 saturated carbocycles. The van der Waals surface area contributed by atoms with Crippen LogP contribution in [0, 0.1) is 0 Å². The molecule has 0 saturated heterocycles. The van der Waals surface area contributed by atoms with Crippen molar-refractivity contribution >= 4 is 17.5 Å². The van der Waals surface area contributed by atoms with Crippen molar-refractivity contribution in [3.05, 3.63) is 58.6 Å². The number of halogens is 1. The Kier molecular flexibility index (Phi) is 5.88. The van der Waals surface area contributed by atoms with E-state index in [0.29, 0.717) is 22.9 Å². The molecule has 0 unspecified atom stereocenters. The van der Waals surface area contributed by atoms with Gasteiger partial charge < -0.3 is 14.8 Å². The summed E-state index contributed by atoms with van der Waals surface area (Å²) in [6.45, 7) is 4.40. The minimum absolute atomic E-state index is 0.139. The fourth-order valence-corrected chi connectivity index (χ4v) is 2.31. The molecule has 0 aromatic heterocycles. The fourth-order valence-electron chi connectivity index (χ4n) is 2.05. The van der Waals surface area contributed by atoms with E-state index >= 15 is 0 Å². The van der Waals surface area contributed by atoms with Crippen LogP contribution < -0.4 is 14.8 Å². The molecule has 0 aliphatic rings. The van der Waals surface area contributed by atoms with Gasteiger partial charge in [-0.1, -0.05) is 23.7 Å². The third kappa shape index (κ3) is 4.89. The maximum atomic E-state index is 12.1. The molecule has 1 N–H and O–H groups in total. The van der Waals surface area contributed by atoms with Gasteiger partial charge in [-0.05, 0) is 49.7 Å². The van der Waals surface area contributed by atoms with E-state index in [-0.39, 0.29) is 12.0 Å². The number of methoxy groups -OCH3 is 1. The van der Waals surface area contributed by atoms with Gasteiger partial charge in [0, 0.05) is 12.1 Å². The lowest BCUT2D eigenvalue weighted by Gasteiger charge is -2.11. The van der Waals surface area contributed by atoms with Gasteiger partial charge in [0.2, 0.25) is 0 Å². The predicted molar refractivity (Wildman–Crippen MR) is 91.4 cm³/mol. The molecule has 4 nitrogen and oxygen atoms in total. The van der Waals surface area contributed by atoms with Gasteiger partial charge >= 0.3 is 0 Å². The molecule has 0 bridgehead atoms. The van der Waals surface area contributed by atoms with Gasteiger partial charge in [-0.3, -0.25) is 4.79 Å². The van der Waals surface area contributed by atoms with Gasteiger partial charge in [-0.2, -0.15) is 0 Å². The van der Waals surface area contributed by atoms with Crippen LogP contribution in [0.15, 0.2) is 42.5 Å². The van der Waals surface area contributed by atoms with Crippen LogP contribution in [0.25, 0.3) is 0 Å². The molecule has 0 heterocycles. The molecule has 0 spiro atoms. The molecular formula is C18H20ClNO3. The Labute approximate surface area is 141 Å². The van der Waals surface area contributed by atoms with Crippen molar-refractivity contribution in [1.82, 2.24) is 5.32 Å². The Hall–Kier alpha value is -2.20. The first-order valence-corrected chi connectivity index (χ1v) is 7.74. The lowest BCUT2D eigenvalue weighted by molar-refractivity contribution is 0.0951. The largest absolute Gasteiger partial charge is 0.495 e. The molecule has 1 amide bonds. The number of rotatable bonds is 6. The number of amides is 1. The monoisotopic (exact) mass is 333 g/mol. The first-order valence-electron chi connectivity index (χ1n) is 7.37. The molecule has 5 heteroatoms. The van der Waals surface area contributed by atoms with Crippen molar-refractivity contribution < 1.29 is 14.3 Å². The van der Waals surface area contributed by atoms with Crippen LogP contribution >= 0.6 is 11.6 Å². The average molecular weight is 334 g/mol. The molecule has 0 fully saturated rings. The van der Waals surface area contributed by atoms with Crippen molar-refractivity contribution in [2.45, 2.75) is 26.5 Å². The standard InChI is InChI=1S/C18H20ClNO3/c1-12(2)23-15-7-4-13(5-8-15)11-20-18(21)14-6-9-17(22-3)16(19)10-14/h4-10,12H,11H2,1-3H3,(H,20,21). The summed E-state index contributed by atoms with van der Waals surface area (Å²) in [7, 11) is 1.54. The zero-order valence-electron chi connectivity index (χ0n) is 13.4. The van der Waals surface area contributed by atoms with E-state index in [1.807, 2.05) is 38.1 Å². The van der Waals surface area contributed by atoms with E-state index in [1.165, 1.54) is 7.11 Å². The third-order valence-electron chi connectivity index (χ3n) is 3.16. The number of hydrogen-bond acceptors (Lipinski definition) is 3. The number of nitrogens with one attached hydrogen (secondary N) is 1. The summed E-state index contributed by atoms with van der Waals surface area (Å²) >= 11 is 6.03. The van der Waals surface area contributed by atoms with Gasteiger partial charge in [-0.15, -0.1) is 0 Å². The summed E-state index contributed by atoms with van der Waals surface area (Å²) in [6.07, 6.45) is 0.139. The molecule has 122 valence electrons. The molecule has 2 aromatic carbocycles. The molecule has 0 atom stereocenters. The van der Waals surface area contributed by atoms with Crippen molar-refractivity contribution in [2.24, 2.45) is 0 Å². The molecule has 0 aliphatic carbocycles. The topological polar surface area (TPSA) is 47.6 Å². The maximum absolute atomic E-state index is 12.1. The van der Waals surface area contributed by atoms with Gasteiger partial charge in [0.05, 0.1) is 18.2 Å². The summed E-state index contributed by atoms with van der Waals surface area (Å²) in [4.78, 5) is 12.1. The van der Waals surface area contributed by atoms with Crippen LogP contribution in [0.2, 0.25) is 5.02 Å². The highest BCUT2D eigenvalue weighted by Gasteiger charge is 2.09. The summed E-state index contributed by atoms with van der Waals surface area (Å²) in [5.41, 5.74) is 1.49. The fraction of sp³-hybridized carbons (Fsp3) is 0.278. The van der Waals surface area contributed by atoms with E-state index in [0.717, 1.165) is 11.3 Å². The Morgan fingerprint density at radius 3 is 2.43 bits per heavy atom. The average Bonchev–Trinajstić information content (AvgIpc) is 2.53. The Morgan fingerprint density at radius 1 is 1.17 bits per heavy atom. The minimum atomic E-state index is -0.183. The maximum Gasteiger partial charge on any atom is 0.251 e. The van der Waals surface area contributed by atoms with E-state index in [9.17, 15) is 4.79 Å². The van der Waals surface area contributed by atoms with Crippen LogP contribution in [0.4, 0.5) is 0 Å². The van der Waals surface area contributed by atoms with Gasteiger partial charge in [0.1, 0.15) is 11.5 Å². The second kappa shape index (κ2) is 7.88. The molecule has 0 aliphatic heterocycles. The Morgan fingerprint density at radius 2 is 1.87 bits per heavy atom. The smallest absolute Gasteiger partial charge is 0.251 e. The molecule has 2 rings (SSSR count). The second-order valence-electron chi connectivity index (χ2n) is 5.34. The zero-order valence-corrected chi connectivity index (χ0v) is 14.2. The highest BCUT2D eigenvalue weighted by atomic mass is 35.5. The van der Waals surface area contributed by atoms with Crippen molar-refractivity contribution in [3.8, 4) is 11.5 Å². The number of benzene rings is 2. The van der Waals surface area contributed by atoms with Gasteiger partial charge in [0.25, 0.3) is 5.91 Å². The SMILES string of the molecule is COc1ccc(C(=O)NCc2ccc(OC(C)C)cc2)cc1Cl. The summed E-state index contributed by atoms with van der Waals surface area (Å²) < 4.78 is 10.7. The number of carbonyl (C=O) groups is 1. The highest BCUT2D eigenvalue weighted by Crippen LogP contribution is 2.24. The van der Waals surface area contributed by atoms with Crippen LogP contribution in [-0.2, 0) is 6.54 Å². The first kappa shape index (κ1) is 17.2.